The lowest BCUT2D eigenvalue weighted by Gasteiger charge is -2.11. The van der Waals surface area contributed by atoms with E-state index < -0.39 is 0 Å². The van der Waals surface area contributed by atoms with Crippen LogP contribution in [0.15, 0.2) is 28.7 Å². The number of carbonyl (C=O) groups is 1. The molecule has 0 heterocycles. The van der Waals surface area contributed by atoms with Gasteiger partial charge in [-0.3, -0.25) is 4.79 Å². The second kappa shape index (κ2) is 4.79. The number of benzene rings is 1. The number of carbonyl (C=O) groups excluding carboxylic acids is 1. The molecule has 0 radical (unpaired) electrons. The van der Waals surface area contributed by atoms with E-state index in [0.717, 1.165) is 22.9 Å². The summed E-state index contributed by atoms with van der Waals surface area (Å²) in [6.45, 7) is 0. The summed E-state index contributed by atoms with van der Waals surface area (Å²) in [5.41, 5.74) is 0.733. The first-order chi connectivity index (χ1) is 7.25. The third-order valence-corrected chi connectivity index (χ3v) is 3.27. The van der Waals surface area contributed by atoms with E-state index in [1.165, 1.54) is 12.8 Å². The topological polar surface area (TPSA) is 29.1 Å². The average Bonchev–Trinajstić information content (AvgIpc) is 2.70. The fourth-order valence-electron chi connectivity index (χ4n) is 1.97. The van der Waals surface area contributed by atoms with Gasteiger partial charge < -0.3 is 5.32 Å². The minimum absolute atomic E-state index is 0.0446. The Morgan fingerprint density at radius 3 is 2.73 bits per heavy atom. The number of nitrogens with one attached hydrogen (secondary N) is 1. The van der Waals surface area contributed by atoms with Crippen LogP contribution in [0.25, 0.3) is 0 Å². The molecule has 0 atom stereocenters. The molecule has 2 rings (SSSR count). The molecule has 80 valence electrons. The van der Waals surface area contributed by atoms with Crippen LogP contribution in [0.3, 0.4) is 0 Å². The molecule has 1 N–H and O–H groups in total. The van der Waals surface area contributed by atoms with Crippen LogP contribution in [0.4, 0.5) is 0 Å². The largest absolute Gasteiger partial charge is 0.349 e. The van der Waals surface area contributed by atoms with Crippen LogP contribution in [0.2, 0.25) is 0 Å². The summed E-state index contributed by atoms with van der Waals surface area (Å²) in [7, 11) is 0. The van der Waals surface area contributed by atoms with Crippen molar-refractivity contribution in [3.8, 4) is 0 Å². The zero-order valence-corrected chi connectivity index (χ0v) is 10.1. The molecule has 0 saturated heterocycles. The highest BCUT2D eigenvalue weighted by Gasteiger charge is 2.17. The fraction of sp³-hybridized carbons (Fsp3) is 0.417. The molecule has 2 nitrogen and oxygen atoms in total. The molecular weight excluding hydrogens is 254 g/mol. The van der Waals surface area contributed by atoms with Gasteiger partial charge in [-0.25, -0.2) is 0 Å². The third-order valence-electron chi connectivity index (χ3n) is 2.78. The highest BCUT2D eigenvalue weighted by Crippen LogP contribution is 2.18. The van der Waals surface area contributed by atoms with E-state index in [2.05, 4.69) is 21.2 Å². The minimum atomic E-state index is 0.0446. The maximum absolute atomic E-state index is 11.8. The van der Waals surface area contributed by atoms with Gasteiger partial charge in [-0.1, -0.05) is 34.8 Å². The Morgan fingerprint density at radius 1 is 1.33 bits per heavy atom. The number of halogens is 1. The predicted molar refractivity (Wildman–Crippen MR) is 63.9 cm³/mol. The van der Waals surface area contributed by atoms with Crippen LogP contribution in [0.1, 0.15) is 36.0 Å². The summed E-state index contributed by atoms with van der Waals surface area (Å²) in [4.78, 5) is 11.8. The summed E-state index contributed by atoms with van der Waals surface area (Å²) in [6.07, 6.45) is 4.73. The number of rotatable bonds is 2. The Morgan fingerprint density at radius 2 is 2.07 bits per heavy atom. The van der Waals surface area contributed by atoms with Crippen molar-refractivity contribution in [2.24, 2.45) is 0 Å². The first kappa shape index (κ1) is 10.7. The Kier molecular flexibility index (Phi) is 3.41. The molecule has 1 saturated carbocycles. The van der Waals surface area contributed by atoms with Crippen LogP contribution in [0.5, 0.6) is 0 Å². The van der Waals surface area contributed by atoms with E-state index in [4.69, 9.17) is 0 Å². The van der Waals surface area contributed by atoms with E-state index in [-0.39, 0.29) is 5.91 Å². The molecule has 0 bridgehead atoms. The molecule has 1 aliphatic rings. The van der Waals surface area contributed by atoms with Gasteiger partial charge in [-0.05, 0) is 31.0 Å². The second-order valence-electron chi connectivity index (χ2n) is 3.97. The van der Waals surface area contributed by atoms with Crippen LogP contribution < -0.4 is 5.32 Å². The Hall–Kier alpha value is -0.830. The molecule has 1 fully saturated rings. The molecule has 1 aliphatic carbocycles. The van der Waals surface area contributed by atoms with E-state index in [9.17, 15) is 4.79 Å². The summed E-state index contributed by atoms with van der Waals surface area (Å²) < 4.78 is 0.946. The van der Waals surface area contributed by atoms with Crippen molar-refractivity contribution in [2.75, 3.05) is 0 Å². The SMILES string of the molecule is O=C(NC1CCCC1)c1cccc(Br)c1. The molecule has 0 unspecified atom stereocenters. The van der Waals surface area contributed by atoms with Crippen molar-refractivity contribution < 1.29 is 4.79 Å². The molecular formula is C12H14BrNO. The van der Waals surface area contributed by atoms with Crippen molar-refractivity contribution >= 4 is 21.8 Å². The molecule has 3 heteroatoms. The standard InChI is InChI=1S/C12H14BrNO/c13-10-5-3-4-9(8-10)12(15)14-11-6-1-2-7-11/h3-5,8,11H,1-2,6-7H2,(H,14,15). The minimum Gasteiger partial charge on any atom is -0.349 e. The Bertz CT molecular complexity index is 358. The molecule has 0 aliphatic heterocycles. The Labute approximate surface area is 98.2 Å². The molecule has 1 aromatic carbocycles. The van der Waals surface area contributed by atoms with Gasteiger partial charge in [-0.15, -0.1) is 0 Å². The highest BCUT2D eigenvalue weighted by atomic mass is 79.9. The quantitative estimate of drug-likeness (QED) is 0.877. The lowest BCUT2D eigenvalue weighted by molar-refractivity contribution is 0.0938. The van der Waals surface area contributed by atoms with Crippen molar-refractivity contribution in [1.82, 2.24) is 5.32 Å². The van der Waals surface area contributed by atoms with Gasteiger partial charge in [0.2, 0.25) is 0 Å². The van der Waals surface area contributed by atoms with Crippen molar-refractivity contribution in [2.45, 2.75) is 31.7 Å². The average molecular weight is 268 g/mol. The van der Waals surface area contributed by atoms with Crippen LogP contribution in [0, 0.1) is 0 Å². The van der Waals surface area contributed by atoms with Gasteiger partial charge in [0.25, 0.3) is 5.91 Å². The normalized spacial score (nSPS) is 16.6. The summed E-state index contributed by atoms with van der Waals surface area (Å²) in [5, 5.41) is 3.06. The lowest BCUT2D eigenvalue weighted by Crippen LogP contribution is -2.32. The van der Waals surface area contributed by atoms with E-state index >= 15 is 0 Å². The molecule has 0 spiro atoms. The highest BCUT2D eigenvalue weighted by molar-refractivity contribution is 9.10. The summed E-state index contributed by atoms with van der Waals surface area (Å²) >= 11 is 3.36. The van der Waals surface area contributed by atoms with Crippen molar-refractivity contribution in [1.29, 1.82) is 0 Å². The van der Waals surface area contributed by atoms with Crippen molar-refractivity contribution in [3.05, 3.63) is 34.3 Å². The molecule has 0 aromatic heterocycles. The van der Waals surface area contributed by atoms with Gasteiger partial charge in [0, 0.05) is 16.1 Å². The molecule has 1 aromatic rings. The maximum Gasteiger partial charge on any atom is 0.251 e. The summed E-state index contributed by atoms with van der Waals surface area (Å²) in [5.74, 6) is 0.0446. The molecule has 1 amide bonds. The van der Waals surface area contributed by atoms with Gasteiger partial charge in [0.05, 0.1) is 0 Å². The van der Waals surface area contributed by atoms with Crippen LogP contribution in [-0.2, 0) is 0 Å². The number of amides is 1. The van der Waals surface area contributed by atoms with Gasteiger partial charge in [0.1, 0.15) is 0 Å². The first-order valence-corrected chi connectivity index (χ1v) is 6.11. The van der Waals surface area contributed by atoms with Crippen LogP contribution in [-0.4, -0.2) is 11.9 Å². The van der Waals surface area contributed by atoms with E-state index in [1.807, 2.05) is 24.3 Å². The number of hydrogen-bond donors (Lipinski definition) is 1. The lowest BCUT2D eigenvalue weighted by atomic mass is 10.2. The fourth-order valence-corrected chi connectivity index (χ4v) is 2.37. The van der Waals surface area contributed by atoms with Gasteiger partial charge in [-0.2, -0.15) is 0 Å². The monoisotopic (exact) mass is 267 g/mol. The zero-order valence-electron chi connectivity index (χ0n) is 8.50. The predicted octanol–water partition coefficient (Wildman–Crippen LogP) is 3.12. The Balaban J connectivity index is 2.01. The van der Waals surface area contributed by atoms with E-state index in [0.29, 0.717) is 6.04 Å². The number of hydrogen-bond acceptors (Lipinski definition) is 1. The van der Waals surface area contributed by atoms with E-state index in [1.54, 1.807) is 0 Å². The zero-order chi connectivity index (χ0) is 10.7. The first-order valence-electron chi connectivity index (χ1n) is 5.32. The van der Waals surface area contributed by atoms with Crippen LogP contribution >= 0.6 is 15.9 Å². The maximum atomic E-state index is 11.8. The van der Waals surface area contributed by atoms with Gasteiger partial charge in [0.15, 0.2) is 0 Å². The third kappa shape index (κ3) is 2.81. The summed E-state index contributed by atoms with van der Waals surface area (Å²) in [6, 6.07) is 7.88. The second-order valence-corrected chi connectivity index (χ2v) is 4.88. The van der Waals surface area contributed by atoms with Gasteiger partial charge >= 0.3 is 0 Å². The molecule has 15 heavy (non-hydrogen) atoms. The van der Waals surface area contributed by atoms with Crippen molar-refractivity contribution in [3.63, 3.8) is 0 Å². The smallest absolute Gasteiger partial charge is 0.251 e.